The highest BCUT2D eigenvalue weighted by atomic mass is 35.5. The second-order valence-corrected chi connectivity index (χ2v) is 4.20. The summed E-state index contributed by atoms with van der Waals surface area (Å²) in [6.07, 6.45) is 1.38. The van der Waals surface area contributed by atoms with Crippen LogP contribution in [0, 0.1) is 0 Å². The van der Waals surface area contributed by atoms with Crippen LogP contribution in [-0.4, -0.2) is 17.2 Å². The number of amides is 1. The number of benzene rings is 2. The van der Waals surface area contributed by atoms with Gasteiger partial charge in [-0.05, 0) is 36.4 Å². The van der Waals surface area contributed by atoms with E-state index in [0.29, 0.717) is 16.1 Å². The molecule has 0 radical (unpaired) electrons. The Bertz CT molecular complexity index is 609. The van der Waals surface area contributed by atoms with Crippen LogP contribution in [0.2, 0.25) is 5.02 Å². The van der Waals surface area contributed by atoms with Crippen LogP contribution in [0.25, 0.3) is 0 Å². The number of hydrogen-bond donors (Lipinski definition) is 2. The first kappa shape index (κ1) is 13.1. The van der Waals surface area contributed by atoms with Crippen molar-refractivity contribution in [2.75, 3.05) is 0 Å². The quantitative estimate of drug-likeness (QED) is 0.668. The Morgan fingerprint density at radius 1 is 1.16 bits per heavy atom. The first-order chi connectivity index (χ1) is 9.16. The van der Waals surface area contributed by atoms with Crippen molar-refractivity contribution >= 4 is 23.7 Å². The summed E-state index contributed by atoms with van der Waals surface area (Å²) < 4.78 is 0. The molecule has 0 aromatic heterocycles. The van der Waals surface area contributed by atoms with Crippen molar-refractivity contribution in [3.05, 3.63) is 64.7 Å². The third-order valence-electron chi connectivity index (χ3n) is 2.41. The van der Waals surface area contributed by atoms with Crippen LogP contribution >= 0.6 is 11.6 Å². The van der Waals surface area contributed by atoms with E-state index in [4.69, 9.17) is 11.6 Å². The van der Waals surface area contributed by atoms with Crippen molar-refractivity contribution in [3.63, 3.8) is 0 Å². The summed E-state index contributed by atoms with van der Waals surface area (Å²) >= 11 is 5.73. The minimum absolute atomic E-state index is 0.104. The van der Waals surface area contributed by atoms with Crippen LogP contribution in [0.1, 0.15) is 15.9 Å². The van der Waals surface area contributed by atoms with E-state index in [1.54, 1.807) is 48.5 Å². The van der Waals surface area contributed by atoms with Gasteiger partial charge in [0.25, 0.3) is 5.91 Å². The molecule has 0 saturated carbocycles. The molecular formula is C14H11ClN2O2. The van der Waals surface area contributed by atoms with Gasteiger partial charge in [0.1, 0.15) is 5.75 Å². The first-order valence-electron chi connectivity index (χ1n) is 5.54. The monoisotopic (exact) mass is 274 g/mol. The van der Waals surface area contributed by atoms with Gasteiger partial charge in [0.2, 0.25) is 0 Å². The summed E-state index contributed by atoms with van der Waals surface area (Å²) in [4.78, 5) is 11.7. The molecule has 0 fully saturated rings. The minimum Gasteiger partial charge on any atom is -0.507 e. The fourth-order valence-electron chi connectivity index (χ4n) is 1.42. The van der Waals surface area contributed by atoms with Crippen LogP contribution in [-0.2, 0) is 0 Å². The van der Waals surface area contributed by atoms with E-state index in [1.165, 1.54) is 6.21 Å². The van der Waals surface area contributed by atoms with E-state index in [2.05, 4.69) is 10.5 Å². The molecule has 96 valence electrons. The Morgan fingerprint density at radius 3 is 2.53 bits per heavy atom. The second-order valence-electron chi connectivity index (χ2n) is 3.76. The van der Waals surface area contributed by atoms with E-state index < -0.39 is 0 Å². The second kappa shape index (κ2) is 6.02. The summed E-state index contributed by atoms with van der Waals surface area (Å²) in [6, 6.07) is 13.2. The van der Waals surface area contributed by atoms with Gasteiger partial charge in [-0.3, -0.25) is 4.79 Å². The Kier molecular flexibility index (Phi) is 4.15. The standard InChI is InChI=1S/C14H11ClN2O2/c15-12-7-5-10(6-8-12)14(19)17-16-9-11-3-1-2-4-13(11)18/h1-9,18H,(H,17,19)/b16-9-. The van der Waals surface area contributed by atoms with Crippen LogP contribution in [0.4, 0.5) is 0 Å². The molecule has 0 aliphatic rings. The average molecular weight is 275 g/mol. The van der Waals surface area contributed by atoms with Gasteiger partial charge in [0.15, 0.2) is 0 Å². The number of halogens is 1. The molecular weight excluding hydrogens is 264 g/mol. The number of carbonyl (C=O) groups is 1. The largest absolute Gasteiger partial charge is 0.507 e. The molecule has 4 nitrogen and oxygen atoms in total. The average Bonchev–Trinajstić information content (AvgIpc) is 2.41. The minimum atomic E-state index is -0.344. The molecule has 0 bridgehead atoms. The zero-order valence-electron chi connectivity index (χ0n) is 9.88. The Balaban J connectivity index is 2.01. The number of nitrogens with one attached hydrogen (secondary N) is 1. The van der Waals surface area contributed by atoms with Crippen LogP contribution in [0.15, 0.2) is 53.6 Å². The van der Waals surface area contributed by atoms with E-state index >= 15 is 0 Å². The molecule has 2 aromatic carbocycles. The molecule has 5 heteroatoms. The third kappa shape index (κ3) is 3.56. The maximum absolute atomic E-state index is 11.7. The number of para-hydroxylation sites is 1. The maximum Gasteiger partial charge on any atom is 0.271 e. The van der Waals surface area contributed by atoms with Gasteiger partial charge in [-0.25, -0.2) is 5.43 Å². The molecule has 2 N–H and O–H groups in total. The van der Waals surface area contributed by atoms with Gasteiger partial charge in [-0.15, -0.1) is 0 Å². The smallest absolute Gasteiger partial charge is 0.271 e. The number of phenols is 1. The zero-order chi connectivity index (χ0) is 13.7. The molecule has 0 heterocycles. The number of aromatic hydroxyl groups is 1. The van der Waals surface area contributed by atoms with Gasteiger partial charge in [0, 0.05) is 16.1 Å². The van der Waals surface area contributed by atoms with E-state index in [-0.39, 0.29) is 11.7 Å². The highest BCUT2D eigenvalue weighted by molar-refractivity contribution is 6.30. The van der Waals surface area contributed by atoms with E-state index in [9.17, 15) is 9.90 Å². The molecule has 19 heavy (non-hydrogen) atoms. The fraction of sp³-hybridized carbons (Fsp3) is 0. The lowest BCUT2D eigenvalue weighted by atomic mass is 10.2. The molecule has 0 aliphatic heterocycles. The lowest BCUT2D eigenvalue weighted by molar-refractivity contribution is 0.0955. The highest BCUT2D eigenvalue weighted by Crippen LogP contribution is 2.12. The van der Waals surface area contributed by atoms with Gasteiger partial charge in [-0.2, -0.15) is 5.10 Å². The summed E-state index contributed by atoms with van der Waals surface area (Å²) in [5.41, 5.74) is 3.35. The SMILES string of the molecule is O=C(N/N=C\c1ccccc1O)c1ccc(Cl)cc1. The molecule has 0 atom stereocenters. The summed E-state index contributed by atoms with van der Waals surface area (Å²) in [6.45, 7) is 0. The Hall–Kier alpha value is -2.33. The highest BCUT2D eigenvalue weighted by Gasteiger charge is 2.03. The summed E-state index contributed by atoms with van der Waals surface area (Å²) in [7, 11) is 0. The number of rotatable bonds is 3. The maximum atomic E-state index is 11.7. The predicted molar refractivity (Wildman–Crippen MR) is 74.6 cm³/mol. The molecule has 0 aliphatic carbocycles. The topological polar surface area (TPSA) is 61.7 Å². The molecule has 2 aromatic rings. The Morgan fingerprint density at radius 2 is 1.84 bits per heavy atom. The number of phenolic OH excluding ortho intramolecular Hbond substituents is 1. The van der Waals surface area contributed by atoms with Gasteiger partial charge in [0.05, 0.1) is 6.21 Å². The van der Waals surface area contributed by atoms with E-state index in [1.807, 2.05) is 0 Å². The first-order valence-corrected chi connectivity index (χ1v) is 5.91. The molecule has 0 unspecified atom stereocenters. The number of carbonyl (C=O) groups excluding carboxylic acids is 1. The molecule has 1 amide bonds. The zero-order valence-corrected chi connectivity index (χ0v) is 10.6. The Labute approximate surface area is 115 Å². The van der Waals surface area contributed by atoms with Gasteiger partial charge >= 0.3 is 0 Å². The molecule has 2 rings (SSSR count). The third-order valence-corrected chi connectivity index (χ3v) is 2.66. The summed E-state index contributed by atoms with van der Waals surface area (Å²) in [5, 5.41) is 13.9. The van der Waals surface area contributed by atoms with Crippen LogP contribution in [0.5, 0.6) is 5.75 Å². The predicted octanol–water partition coefficient (Wildman–Crippen LogP) is 2.81. The van der Waals surface area contributed by atoms with Crippen LogP contribution < -0.4 is 5.43 Å². The van der Waals surface area contributed by atoms with Crippen molar-refractivity contribution in [2.45, 2.75) is 0 Å². The lowest BCUT2D eigenvalue weighted by Crippen LogP contribution is -2.17. The van der Waals surface area contributed by atoms with Crippen molar-refractivity contribution in [3.8, 4) is 5.75 Å². The van der Waals surface area contributed by atoms with Gasteiger partial charge < -0.3 is 5.11 Å². The number of nitrogens with zero attached hydrogens (tertiary/aromatic N) is 1. The summed E-state index contributed by atoms with van der Waals surface area (Å²) in [5.74, 6) is -0.240. The fourth-order valence-corrected chi connectivity index (χ4v) is 1.55. The van der Waals surface area contributed by atoms with Crippen molar-refractivity contribution in [1.82, 2.24) is 5.43 Å². The van der Waals surface area contributed by atoms with Gasteiger partial charge in [-0.1, -0.05) is 23.7 Å². The normalized spacial score (nSPS) is 10.6. The lowest BCUT2D eigenvalue weighted by Gasteiger charge is -2.00. The molecule has 0 saturated heterocycles. The van der Waals surface area contributed by atoms with Crippen molar-refractivity contribution < 1.29 is 9.90 Å². The van der Waals surface area contributed by atoms with E-state index in [0.717, 1.165) is 0 Å². The van der Waals surface area contributed by atoms with Crippen LogP contribution in [0.3, 0.4) is 0 Å². The van der Waals surface area contributed by atoms with Crippen molar-refractivity contribution in [2.24, 2.45) is 5.10 Å². The number of hydrogen-bond acceptors (Lipinski definition) is 3. The molecule has 0 spiro atoms. The number of hydrazone groups is 1. The van der Waals surface area contributed by atoms with Crippen molar-refractivity contribution in [1.29, 1.82) is 0 Å².